The second kappa shape index (κ2) is 10.5. The predicted octanol–water partition coefficient (Wildman–Crippen LogP) is 3.71. The third-order valence-corrected chi connectivity index (χ3v) is 6.69. The van der Waals surface area contributed by atoms with E-state index in [-0.39, 0.29) is 29.5 Å². The van der Waals surface area contributed by atoms with Crippen molar-refractivity contribution in [2.24, 2.45) is 0 Å². The number of amides is 2. The lowest BCUT2D eigenvalue weighted by molar-refractivity contribution is 0.0927. The van der Waals surface area contributed by atoms with Gasteiger partial charge in [-0.15, -0.1) is 0 Å². The Labute approximate surface area is 198 Å². The van der Waals surface area contributed by atoms with E-state index in [9.17, 15) is 22.4 Å². The van der Waals surface area contributed by atoms with Crippen LogP contribution in [0.2, 0.25) is 0 Å². The Bertz CT molecular complexity index is 1320. The van der Waals surface area contributed by atoms with Gasteiger partial charge in [-0.3, -0.25) is 14.3 Å². The predicted molar refractivity (Wildman–Crippen MR) is 129 cm³/mol. The maximum absolute atomic E-state index is 13.6. The molecule has 9 heteroatoms. The van der Waals surface area contributed by atoms with E-state index in [2.05, 4.69) is 15.4 Å². The van der Waals surface area contributed by atoms with Gasteiger partial charge in [0.15, 0.2) is 0 Å². The van der Waals surface area contributed by atoms with Crippen molar-refractivity contribution in [2.45, 2.75) is 25.7 Å². The molecule has 0 atom stereocenters. The summed E-state index contributed by atoms with van der Waals surface area (Å²) < 4.78 is 41.5. The molecule has 0 radical (unpaired) electrons. The van der Waals surface area contributed by atoms with Crippen molar-refractivity contribution in [1.82, 2.24) is 10.6 Å². The third-order valence-electron chi connectivity index (χ3n) is 5.16. The molecule has 3 aromatic carbocycles. The van der Waals surface area contributed by atoms with Crippen LogP contribution in [0.15, 0.2) is 65.6 Å². The van der Waals surface area contributed by atoms with E-state index < -0.39 is 21.7 Å². The minimum absolute atomic E-state index is 0.161. The number of benzene rings is 3. The molecule has 0 heterocycles. The van der Waals surface area contributed by atoms with Gasteiger partial charge in [-0.25, -0.2) is 12.8 Å². The van der Waals surface area contributed by atoms with Gasteiger partial charge < -0.3 is 10.6 Å². The van der Waals surface area contributed by atoms with Crippen molar-refractivity contribution in [3.05, 3.63) is 94.3 Å². The van der Waals surface area contributed by atoms with Crippen LogP contribution >= 0.6 is 0 Å². The smallest absolute Gasteiger partial charge is 0.262 e. The zero-order chi connectivity index (χ0) is 24.9. The van der Waals surface area contributed by atoms with Crippen LogP contribution in [0.4, 0.5) is 10.1 Å². The summed E-state index contributed by atoms with van der Waals surface area (Å²) in [7, 11) is -3.77. The number of aryl methyl sites for hydroxylation is 3. The molecule has 7 nitrogen and oxygen atoms in total. The lowest BCUT2D eigenvalue weighted by Crippen LogP contribution is -2.34. The van der Waals surface area contributed by atoms with Crippen molar-refractivity contribution in [1.29, 1.82) is 0 Å². The van der Waals surface area contributed by atoms with Gasteiger partial charge in [-0.05, 0) is 79.9 Å². The monoisotopic (exact) mass is 483 g/mol. The molecule has 34 heavy (non-hydrogen) atoms. The molecule has 0 saturated heterocycles. The van der Waals surface area contributed by atoms with Crippen LogP contribution in [0.3, 0.4) is 0 Å². The molecule has 0 aliphatic rings. The van der Waals surface area contributed by atoms with Crippen molar-refractivity contribution >= 4 is 27.5 Å². The van der Waals surface area contributed by atoms with Crippen LogP contribution < -0.4 is 15.4 Å². The zero-order valence-electron chi connectivity index (χ0n) is 19.1. The molecule has 0 aromatic heterocycles. The van der Waals surface area contributed by atoms with Crippen LogP contribution in [-0.4, -0.2) is 33.3 Å². The molecule has 0 fully saturated rings. The van der Waals surface area contributed by atoms with E-state index in [1.54, 1.807) is 26.0 Å². The Hall–Kier alpha value is -3.72. The van der Waals surface area contributed by atoms with E-state index in [0.29, 0.717) is 22.4 Å². The normalized spacial score (nSPS) is 11.1. The van der Waals surface area contributed by atoms with Gasteiger partial charge in [0.1, 0.15) is 5.82 Å². The quantitative estimate of drug-likeness (QED) is 0.425. The maximum Gasteiger partial charge on any atom is 0.262 e. The van der Waals surface area contributed by atoms with Gasteiger partial charge in [0.2, 0.25) is 0 Å². The van der Waals surface area contributed by atoms with Crippen LogP contribution in [0, 0.1) is 26.6 Å². The second-order valence-corrected chi connectivity index (χ2v) is 9.58. The SMILES string of the molecule is Cc1ccc(C)c(S(=O)(=O)Nc2ccc(C(=O)NCCNC(=O)c3ccc(C)c(F)c3)cc2)c1. The van der Waals surface area contributed by atoms with Crippen LogP contribution in [0.25, 0.3) is 0 Å². The van der Waals surface area contributed by atoms with Crippen LogP contribution in [0.1, 0.15) is 37.4 Å². The fraction of sp³-hybridized carbons (Fsp3) is 0.200. The second-order valence-electron chi connectivity index (χ2n) is 7.93. The van der Waals surface area contributed by atoms with Crippen molar-refractivity contribution in [3.63, 3.8) is 0 Å². The summed E-state index contributed by atoms with van der Waals surface area (Å²) in [6, 6.07) is 15.4. The highest BCUT2D eigenvalue weighted by atomic mass is 32.2. The fourth-order valence-corrected chi connectivity index (χ4v) is 4.58. The van der Waals surface area contributed by atoms with Gasteiger partial charge in [0, 0.05) is 29.9 Å². The lowest BCUT2D eigenvalue weighted by Gasteiger charge is -2.12. The average molecular weight is 484 g/mol. The van der Waals surface area contributed by atoms with E-state index in [4.69, 9.17) is 0 Å². The van der Waals surface area contributed by atoms with Gasteiger partial charge in [-0.1, -0.05) is 18.2 Å². The highest BCUT2D eigenvalue weighted by Crippen LogP contribution is 2.21. The standard InChI is InChI=1S/C25H26FN3O4S/c1-16-4-5-18(3)23(14-16)34(32,33)29-21-10-8-19(9-11-21)24(30)27-12-13-28-25(31)20-7-6-17(2)22(26)15-20/h4-11,14-15,29H,12-13H2,1-3H3,(H,27,30)(H,28,31). The average Bonchev–Trinajstić information content (AvgIpc) is 2.80. The molecule has 2 amide bonds. The number of nitrogens with one attached hydrogen (secondary N) is 3. The van der Waals surface area contributed by atoms with Crippen LogP contribution in [-0.2, 0) is 10.0 Å². The molecule has 0 bridgehead atoms. The van der Waals surface area contributed by atoms with Gasteiger partial charge in [-0.2, -0.15) is 0 Å². The first kappa shape index (κ1) is 24.9. The van der Waals surface area contributed by atoms with Crippen LogP contribution in [0.5, 0.6) is 0 Å². The molecule has 0 saturated carbocycles. The highest BCUT2D eigenvalue weighted by molar-refractivity contribution is 7.92. The number of hydrogen-bond acceptors (Lipinski definition) is 4. The van der Waals surface area contributed by atoms with Crippen molar-refractivity contribution < 1.29 is 22.4 Å². The summed E-state index contributed by atoms with van der Waals surface area (Å²) in [5.74, 6) is -1.27. The minimum atomic E-state index is -3.77. The molecule has 3 rings (SSSR count). The first-order valence-electron chi connectivity index (χ1n) is 10.6. The summed E-state index contributed by atoms with van der Waals surface area (Å²) in [6.45, 7) is 5.48. The number of sulfonamides is 1. The largest absolute Gasteiger partial charge is 0.350 e. The van der Waals surface area contributed by atoms with Crippen molar-refractivity contribution in [2.75, 3.05) is 17.8 Å². The van der Waals surface area contributed by atoms with Crippen molar-refractivity contribution in [3.8, 4) is 0 Å². The molecular weight excluding hydrogens is 457 g/mol. The molecule has 3 aromatic rings. The summed E-state index contributed by atoms with van der Waals surface area (Å²) in [6.07, 6.45) is 0. The molecule has 0 spiro atoms. The maximum atomic E-state index is 13.6. The van der Waals surface area contributed by atoms with E-state index in [1.807, 2.05) is 13.0 Å². The first-order chi connectivity index (χ1) is 16.1. The number of carbonyl (C=O) groups excluding carboxylic acids is 2. The Kier molecular flexibility index (Phi) is 7.68. The topological polar surface area (TPSA) is 104 Å². The fourth-order valence-electron chi connectivity index (χ4n) is 3.19. The zero-order valence-corrected chi connectivity index (χ0v) is 19.9. The van der Waals surface area contributed by atoms with Gasteiger partial charge >= 0.3 is 0 Å². The first-order valence-corrected chi connectivity index (χ1v) is 12.1. The Morgan fingerprint density at radius 1 is 0.765 bits per heavy atom. The summed E-state index contributed by atoms with van der Waals surface area (Å²) in [5.41, 5.74) is 2.78. The molecule has 3 N–H and O–H groups in total. The number of hydrogen-bond donors (Lipinski definition) is 3. The number of anilines is 1. The Morgan fingerprint density at radius 2 is 1.32 bits per heavy atom. The Morgan fingerprint density at radius 3 is 1.94 bits per heavy atom. The molecule has 0 aliphatic carbocycles. The van der Waals surface area contributed by atoms with E-state index in [1.165, 1.54) is 42.5 Å². The van der Waals surface area contributed by atoms with Gasteiger partial charge in [0.25, 0.3) is 21.8 Å². The van der Waals surface area contributed by atoms with Gasteiger partial charge in [0.05, 0.1) is 4.90 Å². The summed E-state index contributed by atoms with van der Waals surface area (Å²) >= 11 is 0. The molecular formula is C25H26FN3O4S. The summed E-state index contributed by atoms with van der Waals surface area (Å²) in [4.78, 5) is 24.6. The van der Waals surface area contributed by atoms with E-state index in [0.717, 1.165) is 5.56 Å². The lowest BCUT2D eigenvalue weighted by atomic mass is 10.1. The minimum Gasteiger partial charge on any atom is -0.350 e. The molecule has 0 unspecified atom stereocenters. The number of rotatable bonds is 8. The third kappa shape index (κ3) is 6.20. The number of halogens is 1. The number of carbonyl (C=O) groups is 2. The Balaban J connectivity index is 1.52. The highest BCUT2D eigenvalue weighted by Gasteiger charge is 2.17. The molecule has 178 valence electrons. The van der Waals surface area contributed by atoms with E-state index >= 15 is 0 Å². The molecule has 0 aliphatic heterocycles. The summed E-state index contributed by atoms with van der Waals surface area (Å²) in [5, 5.41) is 5.28.